The van der Waals surface area contributed by atoms with E-state index >= 15 is 0 Å². The summed E-state index contributed by atoms with van der Waals surface area (Å²) < 4.78 is 70.2. The van der Waals surface area contributed by atoms with Crippen LogP contribution in [-0.2, 0) is 0 Å². The summed E-state index contributed by atoms with van der Waals surface area (Å²) in [5.74, 6) is 0.859. The van der Waals surface area contributed by atoms with E-state index in [1.54, 1.807) is 35.2 Å². The summed E-state index contributed by atoms with van der Waals surface area (Å²) in [5, 5.41) is 2.11. The molecule has 7 heteroatoms. The zero-order chi connectivity index (χ0) is 45.7. The van der Waals surface area contributed by atoms with Gasteiger partial charge in [-0.2, -0.15) is 0 Å². The van der Waals surface area contributed by atoms with Crippen LogP contribution >= 0.6 is 0 Å². The largest absolute Gasteiger partial charge is 0.455 e. The van der Waals surface area contributed by atoms with E-state index < -0.39 is 12.1 Å². The molecule has 0 unspecified atom stereocenters. The minimum absolute atomic E-state index is 0.0441. The lowest BCUT2D eigenvalue weighted by molar-refractivity contribution is 0.670. The first-order chi connectivity index (χ1) is 32.6. The third kappa shape index (κ3) is 5.48. The lowest BCUT2D eigenvalue weighted by Gasteiger charge is -2.15. The Bertz CT molecular complexity index is 4040. The highest BCUT2D eigenvalue weighted by atomic mass is 16.3. The Labute approximate surface area is 353 Å². The van der Waals surface area contributed by atoms with Gasteiger partial charge in [0.2, 0.25) is 0 Å². The number of hydrogen-bond acceptors (Lipinski definition) is 6. The van der Waals surface area contributed by atoms with Gasteiger partial charge in [0, 0.05) is 56.2 Å². The molecule has 0 aliphatic rings. The topological polar surface area (TPSA) is 82.5 Å². The quantitative estimate of drug-likeness (QED) is 0.167. The van der Waals surface area contributed by atoms with Crippen molar-refractivity contribution in [1.82, 2.24) is 29.5 Å². The van der Waals surface area contributed by atoms with E-state index in [2.05, 4.69) is 40.3 Å². The van der Waals surface area contributed by atoms with Gasteiger partial charge in [-0.25, -0.2) is 15.0 Å². The van der Waals surface area contributed by atoms with Crippen LogP contribution in [0.25, 0.3) is 117 Å². The molecule has 0 aliphatic carbocycles. The van der Waals surface area contributed by atoms with E-state index in [1.165, 1.54) is 6.07 Å². The Morgan fingerprint density at radius 2 is 1.15 bits per heavy atom. The molecule has 0 saturated heterocycles. The van der Waals surface area contributed by atoms with Crippen LogP contribution in [0, 0.1) is 0 Å². The fraction of sp³-hybridized carbons (Fsp3) is 0. The molecule has 0 saturated carbocycles. The van der Waals surface area contributed by atoms with Crippen molar-refractivity contribution in [1.29, 1.82) is 0 Å². The van der Waals surface area contributed by atoms with Crippen molar-refractivity contribution in [2.45, 2.75) is 0 Å². The van der Waals surface area contributed by atoms with Gasteiger partial charge in [-0.15, -0.1) is 0 Å². The minimum Gasteiger partial charge on any atom is -0.455 e. The van der Waals surface area contributed by atoms with Gasteiger partial charge in [-0.1, -0.05) is 127 Å². The second-order valence-electron chi connectivity index (χ2n) is 14.3. The van der Waals surface area contributed by atoms with Crippen LogP contribution in [0.5, 0.6) is 0 Å². The minimum atomic E-state index is -0.480. The summed E-state index contributed by atoms with van der Waals surface area (Å²) in [6.07, 6.45) is 3.23. The summed E-state index contributed by atoms with van der Waals surface area (Å²) in [4.78, 5) is 24.5. The molecule has 4 aromatic heterocycles. The predicted molar refractivity (Wildman–Crippen MR) is 242 cm³/mol. The molecule has 0 amide bonds. The maximum atomic E-state index is 9.16. The molecule has 60 heavy (non-hydrogen) atoms. The fourth-order valence-electron chi connectivity index (χ4n) is 8.15. The molecule has 7 nitrogen and oxygen atoms in total. The maximum absolute atomic E-state index is 9.16. The van der Waals surface area contributed by atoms with Crippen LogP contribution in [0.2, 0.25) is 0 Å². The van der Waals surface area contributed by atoms with Crippen LogP contribution in [0.1, 0.15) is 9.60 Å². The molecular weight excluding hydrogens is 737 g/mol. The van der Waals surface area contributed by atoms with Gasteiger partial charge in [-0.3, -0.25) is 9.97 Å². The average Bonchev–Trinajstić information content (AvgIpc) is 3.94. The number of hydrogen-bond donors (Lipinski definition) is 0. The summed E-state index contributed by atoms with van der Waals surface area (Å²) in [7, 11) is 0. The first-order valence-electron chi connectivity index (χ1n) is 22.8. The Morgan fingerprint density at radius 3 is 2.08 bits per heavy atom. The maximum Gasteiger partial charge on any atom is 0.166 e. The lowest BCUT2D eigenvalue weighted by Crippen LogP contribution is -2.04. The van der Waals surface area contributed by atoms with E-state index in [9.17, 15) is 0 Å². The van der Waals surface area contributed by atoms with Gasteiger partial charge in [0.15, 0.2) is 17.5 Å². The molecule has 0 atom stereocenters. The first-order valence-corrected chi connectivity index (χ1v) is 19.3. The van der Waals surface area contributed by atoms with E-state index in [4.69, 9.17) is 29.0 Å². The highest BCUT2D eigenvalue weighted by molar-refractivity contribution is 6.11. The summed E-state index contributed by atoms with van der Waals surface area (Å²) in [5.41, 5.74) is 9.02. The van der Waals surface area contributed by atoms with Crippen molar-refractivity contribution in [3.8, 4) is 62.1 Å². The molecule has 4 heterocycles. The number of benzene rings is 8. The molecule has 0 radical (unpaired) electrons. The Balaban J connectivity index is 1.09. The van der Waals surface area contributed by atoms with Crippen molar-refractivity contribution >= 4 is 54.8 Å². The van der Waals surface area contributed by atoms with Gasteiger partial charge in [0.25, 0.3) is 0 Å². The zero-order valence-electron chi connectivity index (χ0n) is 38.5. The number of para-hydroxylation sites is 5. The van der Waals surface area contributed by atoms with Crippen LogP contribution < -0.4 is 0 Å². The molecule has 12 rings (SSSR count). The van der Waals surface area contributed by atoms with E-state index in [-0.39, 0.29) is 57.8 Å². The molecule has 0 aliphatic heterocycles. The van der Waals surface area contributed by atoms with Gasteiger partial charge < -0.3 is 8.98 Å². The number of nitrogens with zero attached hydrogens (tertiary/aromatic N) is 6. The summed E-state index contributed by atoms with van der Waals surface area (Å²) in [6.45, 7) is 0. The third-order valence-corrected chi connectivity index (χ3v) is 10.9. The number of furan rings is 1. The molecular formula is C53H32N6O. The molecule has 0 spiro atoms. The second kappa shape index (κ2) is 13.7. The Kier molecular flexibility index (Phi) is 6.24. The highest BCUT2D eigenvalue weighted by Crippen LogP contribution is 2.40. The van der Waals surface area contributed by atoms with E-state index in [0.29, 0.717) is 45.1 Å². The molecule has 12 aromatic rings. The van der Waals surface area contributed by atoms with Crippen molar-refractivity contribution < 1.29 is 14.0 Å². The van der Waals surface area contributed by atoms with Crippen LogP contribution in [0.3, 0.4) is 0 Å². The van der Waals surface area contributed by atoms with Crippen molar-refractivity contribution in [3.63, 3.8) is 0 Å². The molecule has 0 fully saturated rings. The highest BCUT2D eigenvalue weighted by Gasteiger charge is 2.21. The average molecular weight is 776 g/mol. The van der Waals surface area contributed by atoms with Crippen LogP contribution in [0.4, 0.5) is 0 Å². The molecule has 280 valence electrons. The number of fused-ring (bicyclic) bond motifs is 7. The van der Waals surface area contributed by atoms with Crippen LogP contribution in [0.15, 0.2) is 199 Å². The Morgan fingerprint density at radius 1 is 0.450 bits per heavy atom. The van der Waals surface area contributed by atoms with Crippen LogP contribution in [-0.4, -0.2) is 29.5 Å². The second-order valence-corrected chi connectivity index (χ2v) is 14.3. The molecule has 0 N–H and O–H groups in total. The molecule has 0 bridgehead atoms. The Hall–Kier alpha value is -8.29. The molecule has 8 aromatic carbocycles. The normalized spacial score (nSPS) is 13.3. The van der Waals surface area contributed by atoms with Crippen molar-refractivity contribution in [2.24, 2.45) is 0 Å². The monoisotopic (exact) mass is 775 g/mol. The third-order valence-electron chi connectivity index (χ3n) is 10.9. The van der Waals surface area contributed by atoms with Gasteiger partial charge in [0.05, 0.1) is 37.3 Å². The lowest BCUT2D eigenvalue weighted by atomic mass is 9.99. The fourth-order valence-corrected chi connectivity index (χ4v) is 8.15. The van der Waals surface area contributed by atoms with Crippen molar-refractivity contribution in [3.05, 3.63) is 194 Å². The van der Waals surface area contributed by atoms with Crippen molar-refractivity contribution in [2.75, 3.05) is 0 Å². The summed E-state index contributed by atoms with van der Waals surface area (Å²) in [6, 6.07) is 42.2. The predicted octanol–water partition coefficient (Wildman–Crippen LogP) is 13.1. The standard InChI is InChI=1S/C53H32N6O/c1-2-13-33(14-3-1)34-27-28-48-43(32-34)40-21-11-20-37(50(40)60-48)35-15-10-16-36(31-35)51-56-52(58-53(57-51)42-22-12-23-44-49(42)55-30-29-54-44)41-19-6-9-26-47(41)59-45-24-7-4-17-38(45)39-18-5-8-25-46(39)59/h1-32H/i4D,5D,7D,17D,18D,24D,25D. The van der Waals surface area contributed by atoms with Gasteiger partial charge >= 0.3 is 0 Å². The number of rotatable bonds is 6. The zero-order valence-corrected chi connectivity index (χ0v) is 31.5. The number of aromatic nitrogens is 6. The van der Waals surface area contributed by atoms with Gasteiger partial charge in [0.1, 0.15) is 11.2 Å². The smallest absolute Gasteiger partial charge is 0.166 e. The van der Waals surface area contributed by atoms with E-state index in [1.807, 2.05) is 84.9 Å². The van der Waals surface area contributed by atoms with E-state index in [0.717, 1.165) is 44.2 Å². The first kappa shape index (κ1) is 27.4. The summed E-state index contributed by atoms with van der Waals surface area (Å²) >= 11 is 0. The van der Waals surface area contributed by atoms with Gasteiger partial charge in [-0.05, 0) is 71.2 Å². The SMILES string of the molecule is [2H]c1cc([2H])c2c(c1[2H])c1c([2H])c([2H])c([2H])c([2H])c1n2-c1ccccc1-c1nc(-c2cccc(-c3cccc4c3oc3ccc(-c5ccccc5)cc34)c2)nc(-c2cccc3nccnc23)n1.